The van der Waals surface area contributed by atoms with Gasteiger partial charge in [0.25, 0.3) is 0 Å². The van der Waals surface area contributed by atoms with Gasteiger partial charge >= 0.3 is 0 Å². The third kappa shape index (κ3) is 1.68. The molecule has 0 radical (unpaired) electrons. The molecule has 136 valence electrons. The number of carbonyl (C=O) groups excluding carboxylic acids is 2. The number of hydrogen-bond donors (Lipinski definition) is 0. The summed E-state index contributed by atoms with van der Waals surface area (Å²) in [7, 11) is 0. The van der Waals surface area contributed by atoms with Crippen LogP contribution < -0.4 is 0 Å². The van der Waals surface area contributed by atoms with Gasteiger partial charge in [0.15, 0.2) is 5.78 Å². The van der Waals surface area contributed by atoms with Crippen LogP contribution in [0.3, 0.4) is 0 Å². The highest BCUT2D eigenvalue weighted by Crippen LogP contribution is 2.81. The summed E-state index contributed by atoms with van der Waals surface area (Å²) < 4.78 is 0. The summed E-state index contributed by atoms with van der Waals surface area (Å²) in [6.45, 7) is 6.67. The Hall–Kier alpha value is -0.920. The van der Waals surface area contributed by atoms with Crippen molar-refractivity contribution < 1.29 is 9.59 Å². The minimum absolute atomic E-state index is 0.0117. The second kappa shape index (κ2) is 4.87. The second-order valence-corrected chi connectivity index (χ2v) is 10.4. The number of rotatable bonds is 1. The number of Topliss-reactive ketones (excluding diaryl/α,β-unsaturated/α-hetero) is 1. The van der Waals surface area contributed by atoms with Crippen LogP contribution in [-0.4, -0.2) is 11.6 Å². The van der Waals surface area contributed by atoms with Crippen molar-refractivity contribution in [2.24, 2.45) is 39.9 Å². The smallest absolute Gasteiger partial charge is 0.155 e. The van der Waals surface area contributed by atoms with Crippen LogP contribution >= 0.6 is 0 Å². The maximum absolute atomic E-state index is 12.7. The predicted octanol–water partition coefficient (Wildman–Crippen LogP) is 5.11. The monoisotopic (exact) mass is 340 g/mol. The predicted molar refractivity (Wildman–Crippen MR) is 97.9 cm³/mol. The second-order valence-electron chi connectivity index (χ2n) is 10.4. The van der Waals surface area contributed by atoms with E-state index >= 15 is 0 Å². The Kier molecular flexibility index (Phi) is 3.17. The molecule has 0 spiro atoms. The Morgan fingerprint density at radius 1 is 1.12 bits per heavy atom. The molecular weight excluding hydrogens is 308 g/mol. The van der Waals surface area contributed by atoms with Crippen molar-refractivity contribution in [3.8, 4) is 0 Å². The highest BCUT2D eigenvalue weighted by molar-refractivity contribution is 5.91. The SMILES string of the molecule is CC(=O)C12CCC3(CC1)[C@@H]1CCC4=CC(=O)CC(C)[C@@H]4[C@H]1CC[C@]23C. The first-order valence-corrected chi connectivity index (χ1v) is 10.6. The zero-order chi connectivity index (χ0) is 17.6. The van der Waals surface area contributed by atoms with Gasteiger partial charge in [-0.1, -0.05) is 19.4 Å². The third-order valence-corrected chi connectivity index (χ3v) is 10.1. The Bertz CT molecular complexity index is 678. The minimum Gasteiger partial charge on any atom is -0.299 e. The fourth-order valence-corrected chi connectivity index (χ4v) is 9.13. The zero-order valence-electron chi connectivity index (χ0n) is 16.1. The molecule has 1 unspecified atom stereocenters. The van der Waals surface area contributed by atoms with E-state index in [-0.39, 0.29) is 10.8 Å². The Morgan fingerprint density at radius 2 is 1.84 bits per heavy atom. The van der Waals surface area contributed by atoms with E-state index in [1.165, 1.54) is 37.7 Å². The summed E-state index contributed by atoms with van der Waals surface area (Å²) >= 11 is 0. The van der Waals surface area contributed by atoms with Crippen LogP contribution in [0.5, 0.6) is 0 Å². The van der Waals surface area contributed by atoms with E-state index in [0.29, 0.717) is 28.8 Å². The molecule has 5 aliphatic rings. The van der Waals surface area contributed by atoms with E-state index in [4.69, 9.17) is 0 Å². The van der Waals surface area contributed by atoms with Crippen molar-refractivity contribution in [1.82, 2.24) is 0 Å². The average Bonchev–Trinajstić information content (AvgIpc) is 2.99. The molecular formula is C23H32O2. The summed E-state index contributed by atoms with van der Waals surface area (Å²) in [5.74, 6) is 3.53. The van der Waals surface area contributed by atoms with E-state index in [2.05, 4.69) is 13.8 Å². The van der Waals surface area contributed by atoms with Crippen LogP contribution in [0.2, 0.25) is 0 Å². The van der Waals surface area contributed by atoms with Gasteiger partial charge in [-0.3, -0.25) is 9.59 Å². The molecule has 2 heteroatoms. The Labute approximate surface area is 151 Å². The first-order chi connectivity index (χ1) is 11.8. The standard InChI is InChI=1S/C23H32O2/c1-14-12-17(25)13-16-4-5-19-18(20(14)16)6-7-21(3)22(15(2)24)8-10-23(19,21)11-9-22/h13-14,18-20H,4-12H2,1-3H3/t14?,18-,19+,20-,21+,22?,23?/m0/s1. The number of allylic oxidation sites excluding steroid dienone is 1. The lowest BCUT2D eigenvalue weighted by molar-refractivity contribution is -0.140. The molecule has 25 heavy (non-hydrogen) atoms. The number of ketones is 2. The molecule has 5 rings (SSSR count). The van der Waals surface area contributed by atoms with Gasteiger partial charge in [-0.25, -0.2) is 0 Å². The summed E-state index contributed by atoms with van der Waals surface area (Å²) in [4.78, 5) is 24.8. The lowest BCUT2D eigenvalue weighted by Crippen LogP contribution is -2.54. The highest BCUT2D eigenvalue weighted by Gasteiger charge is 2.75. The highest BCUT2D eigenvalue weighted by atomic mass is 16.1. The summed E-state index contributed by atoms with van der Waals surface area (Å²) in [6.07, 6.45) is 12.5. The molecule has 4 saturated carbocycles. The average molecular weight is 341 g/mol. The van der Waals surface area contributed by atoms with Gasteiger partial charge in [0.2, 0.25) is 0 Å². The van der Waals surface area contributed by atoms with E-state index in [1.807, 2.05) is 13.0 Å². The van der Waals surface area contributed by atoms with E-state index in [1.54, 1.807) is 0 Å². The molecule has 4 fully saturated rings. The van der Waals surface area contributed by atoms with Crippen molar-refractivity contribution in [2.45, 2.75) is 78.6 Å². The van der Waals surface area contributed by atoms with Crippen LogP contribution in [-0.2, 0) is 9.59 Å². The molecule has 0 aromatic heterocycles. The largest absolute Gasteiger partial charge is 0.299 e. The topological polar surface area (TPSA) is 34.1 Å². The van der Waals surface area contributed by atoms with Gasteiger partial charge in [-0.05, 0) is 98.9 Å². The molecule has 0 amide bonds. The zero-order valence-corrected chi connectivity index (χ0v) is 16.1. The van der Waals surface area contributed by atoms with Crippen molar-refractivity contribution in [3.63, 3.8) is 0 Å². The number of fused-ring (bicyclic) bond motifs is 3. The third-order valence-electron chi connectivity index (χ3n) is 10.1. The normalized spacial score (nSPS) is 53.7. The van der Waals surface area contributed by atoms with Gasteiger partial charge in [0.05, 0.1) is 0 Å². The fraction of sp³-hybridized carbons (Fsp3) is 0.826. The van der Waals surface area contributed by atoms with Crippen molar-refractivity contribution in [1.29, 1.82) is 0 Å². The lowest BCUT2D eigenvalue weighted by Gasteiger charge is -2.60. The first-order valence-electron chi connectivity index (χ1n) is 10.6. The van der Waals surface area contributed by atoms with E-state index in [9.17, 15) is 9.59 Å². The van der Waals surface area contributed by atoms with Crippen LogP contribution in [0.25, 0.3) is 0 Å². The Balaban J connectivity index is 1.57. The first kappa shape index (κ1) is 16.3. The van der Waals surface area contributed by atoms with Crippen LogP contribution in [0.1, 0.15) is 78.6 Å². The van der Waals surface area contributed by atoms with Crippen LogP contribution in [0.15, 0.2) is 11.6 Å². The van der Waals surface area contributed by atoms with Gasteiger partial charge in [-0.15, -0.1) is 0 Å². The molecule has 0 N–H and O–H groups in total. The maximum Gasteiger partial charge on any atom is 0.155 e. The molecule has 0 aromatic carbocycles. The van der Waals surface area contributed by atoms with Crippen LogP contribution in [0.4, 0.5) is 0 Å². The minimum atomic E-state index is -0.0117. The quantitative estimate of drug-likeness (QED) is 0.664. The van der Waals surface area contributed by atoms with E-state index < -0.39 is 0 Å². The molecule has 5 atom stereocenters. The van der Waals surface area contributed by atoms with Crippen molar-refractivity contribution >= 4 is 11.6 Å². The molecule has 5 aliphatic carbocycles. The molecule has 0 aliphatic heterocycles. The molecule has 0 saturated heterocycles. The molecule has 2 nitrogen and oxygen atoms in total. The Morgan fingerprint density at radius 3 is 2.52 bits per heavy atom. The summed E-state index contributed by atoms with van der Waals surface area (Å²) in [5.41, 5.74) is 2.11. The lowest BCUT2D eigenvalue weighted by atomic mass is 9.44. The molecule has 2 bridgehead atoms. The maximum atomic E-state index is 12.7. The molecule has 0 aromatic rings. The van der Waals surface area contributed by atoms with Crippen molar-refractivity contribution in [2.75, 3.05) is 0 Å². The molecule has 0 heterocycles. The van der Waals surface area contributed by atoms with Gasteiger partial charge < -0.3 is 0 Å². The number of hydrogen-bond acceptors (Lipinski definition) is 2. The van der Waals surface area contributed by atoms with Crippen molar-refractivity contribution in [3.05, 3.63) is 11.6 Å². The van der Waals surface area contributed by atoms with Crippen LogP contribution in [0, 0.1) is 39.9 Å². The van der Waals surface area contributed by atoms with Gasteiger partial charge in [0.1, 0.15) is 5.78 Å². The van der Waals surface area contributed by atoms with E-state index in [0.717, 1.165) is 37.5 Å². The fourth-order valence-electron chi connectivity index (χ4n) is 9.13. The summed E-state index contributed by atoms with van der Waals surface area (Å²) in [6, 6.07) is 0. The van der Waals surface area contributed by atoms with Gasteiger partial charge in [-0.2, -0.15) is 0 Å². The summed E-state index contributed by atoms with van der Waals surface area (Å²) in [5, 5.41) is 0. The van der Waals surface area contributed by atoms with Gasteiger partial charge in [0, 0.05) is 11.8 Å². The number of carbonyl (C=O) groups is 2.